The van der Waals surface area contributed by atoms with Crippen LogP contribution in [0.25, 0.3) is 0 Å². The largest absolute Gasteiger partial charge is 0.410 e. The molecule has 32 heavy (non-hydrogen) atoms. The summed E-state index contributed by atoms with van der Waals surface area (Å²) in [4.78, 5) is 12.6. The summed E-state index contributed by atoms with van der Waals surface area (Å²) in [5, 5.41) is 8.49. The second kappa shape index (κ2) is 8.36. The molecule has 0 unspecified atom stereocenters. The van der Waals surface area contributed by atoms with E-state index in [0.29, 0.717) is 16.3 Å². The molecule has 0 aliphatic carbocycles. The number of anilines is 2. The lowest BCUT2D eigenvalue weighted by atomic mass is 9.97. The zero-order valence-electron chi connectivity index (χ0n) is 15.9. The van der Waals surface area contributed by atoms with E-state index >= 15 is 0 Å². The minimum atomic E-state index is -4.67. The molecule has 0 saturated heterocycles. The van der Waals surface area contributed by atoms with E-state index in [1.807, 2.05) is 0 Å². The predicted molar refractivity (Wildman–Crippen MR) is 112 cm³/mol. The van der Waals surface area contributed by atoms with E-state index in [0.717, 1.165) is 16.6 Å². The summed E-state index contributed by atoms with van der Waals surface area (Å²) >= 11 is 9.50. The van der Waals surface area contributed by atoms with E-state index in [-0.39, 0.29) is 22.9 Å². The van der Waals surface area contributed by atoms with Gasteiger partial charge in [0, 0.05) is 17.0 Å². The Morgan fingerprint density at radius 1 is 1.19 bits per heavy atom. The molecular weight excluding hydrogens is 523 g/mol. The number of alkyl halides is 3. The average molecular weight is 536 g/mol. The fourth-order valence-corrected chi connectivity index (χ4v) is 3.95. The maximum atomic E-state index is 13.9. The van der Waals surface area contributed by atoms with Gasteiger partial charge in [-0.25, -0.2) is 13.5 Å². The summed E-state index contributed by atoms with van der Waals surface area (Å²) in [6.45, 7) is 0. The number of hydrogen-bond acceptors (Lipinski definition) is 3. The molecule has 2 N–H and O–H groups in total. The summed E-state index contributed by atoms with van der Waals surface area (Å²) in [6.07, 6.45) is -5.06. The number of nitrogens with one attached hydrogen (secondary N) is 2. The van der Waals surface area contributed by atoms with Crippen LogP contribution in [0.3, 0.4) is 0 Å². The lowest BCUT2D eigenvalue weighted by Crippen LogP contribution is -2.35. The van der Waals surface area contributed by atoms with Gasteiger partial charge in [-0.2, -0.15) is 18.3 Å². The number of aromatic nitrogens is 2. The minimum Gasteiger partial charge on any atom is -0.362 e. The lowest BCUT2D eigenvalue weighted by Gasteiger charge is -2.33. The zero-order chi connectivity index (χ0) is 23.2. The number of benzene rings is 2. The average Bonchev–Trinajstić information content (AvgIpc) is 3.06. The van der Waals surface area contributed by atoms with Crippen LogP contribution in [0.15, 0.2) is 46.9 Å². The van der Waals surface area contributed by atoms with Crippen molar-refractivity contribution in [3.05, 3.63) is 74.9 Å². The van der Waals surface area contributed by atoms with Crippen molar-refractivity contribution in [3.8, 4) is 0 Å². The normalized spacial score (nSPS) is 18.1. The van der Waals surface area contributed by atoms with Crippen LogP contribution in [0.4, 0.5) is 33.5 Å². The molecule has 2 atom stereocenters. The Labute approximate surface area is 191 Å². The molecule has 1 aliphatic heterocycles. The van der Waals surface area contributed by atoms with E-state index in [2.05, 4.69) is 31.7 Å². The highest BCUT2D eigenvalue weighted by Crippen LogP contribution is 2.46. The van der Waals surface area contributed by atoms with Crippen LogP contribution in [0.1, 0.15) is 34.6 Å². The topological polar surface area (TPSA) is 59.0 Å². The van der Waals surface area contributed by atoms with E-state index in [4.69, 9.17) is 11.6 Å². The Hall–Kier alpha value is -2.66. The van der Waals surface area contributed by atoms with Gasteiger partial charge in [-0.3, -0.25) is 4.79 Å². The second-order valence-electron chi connectivity index (χ2n) is 7.08. The highest BCUT2D eigenvalue weighted by molar-refractivity contribution is 9.10. The Bertz CT molecular complexity index is 1180. The number of fused-ring (bicyclic) bond motifs is 1. The molecule has 1 amide bonds. The first-order chi connectivity index (χ1) is 15.0. The molecule has 168 valence electrons. The Kier molecular flexibility index (Phi) is 5.89. The molecule has 0 saturated carbocycles. The molecule has 4 rings (SSSR count). The molecule has 1 aromatic heterocycles. The van der Waals surface area contributed by atoms with Crippen molar-refractivity contribution >= 4 is 44.9 Å². The maximum Gasteiger partial charge on any atom is 0.410 e. The van der Waals surface area contributed by atoms with Gasteiger partial charge in [0.1, 0.15) is 22.5 Å². The van der Waals surface area contributed by atoms with Crippen LogP contribution < -0.4 is 10.6 Å². The molecule has 12 heteroatoms. The molecule has 2 aromatic carbocycles. The van der Waals surface area contributed by atoms with Gasteiger partial charge in [0.15, 0.2) is 11.7 Å². The van der Waals surface area contributed by atoms with Crippen molar-refractivity contribution in [1.29, 1.82) is 0 Å². The maximum absolute atomic E-state index is 13.9. The van der Waals surface area contributed by atoms with Crippen molar-refractivity contribution in [3.63, 3.8) is 0 Å². The fraction of sp³-hybridized carbons (Fsp3) is 0.200. The third kappa shape index (κ3) is 4.31. The summed E-state index contributed by atoms with van der Waals surface area (Å²) in [6, 6.07) is 6.39. The van der Waals surface area contributed by atoms with Gasteiger partial charge in [-0.1, -0.05) is 39.7 Å². The number of nitrogens with zero attached hydrogens (tertiary/aromatic N) is 2. The number of carbonyl (C=O) groups excluding carboxylic acids is 1. The van der Waals surface area contributed by atoms with Crippen molar-refractivity contribution in [2.75, 3.05) is 10.6 Å². The van der Waals surface area contributed by atoms with Crippen LogP contribution in [0.2, 0.25) is 5.02 Å². The highest BCUT2D eigenvalue weighted by atomic mass is 79.9. The number of amides is 1. The van der Waals surface area contributed by atoms with E-state index in [1.165, 1.54) is 0 Å². The molecule has 2 heterocycles. The van der Waals surface area contributed by atoms with Crippen LogP contribution in [-0.2, 0) is 0 Å². The second-order valence-corrected chi connectivity index (χ2v) is 8.37. The van der Waals surface area contributed by atoms with Crippen LogP contribution in [0.5, 0.6) is 0 Å². The van der Waals surface area contributed by atoms with Crippen LogP contribution in [0, 0.1) is 11.6 Å². The molecule has 1 aliphatic rings. The summed E-state index contributed by atoms with van der Waals surface area (Å²) < 4.78 is 69.8. The Morgan fingerprint density at radius 3 is 2.50 bits per heavy atom. The van der Waals surface area contributed by atoms with Gasteiger partial charge in [0.2, 0.25) is 0 Å². The first-order valence-electron chi connectivity index (χ1n) is 9.17. The van der Waals surface area contributed by atoms with Gasteiger partial charge in [-0.15, -0.1) is 0 Å². The van der Waals surface area contributed by atoms with Crippen molar-refractivity contribution < 1.29 is 26.7 Å². The standard InChI is InChI=1S/C20H13BrClF5N4O/c21-10-3-1-9(2-4-10)14-8-15(20(25,26)27)31-18(28-14)16(22)17(30-31)19(32)29-13-6-5-11(23)7-12(13)24/h1-7,14-15,28H,8H2,(H,29,32)/t14-,15-/m0/s1. The summed E-state index contributed by atoms with van der Waals surface area (Å²) in [7, 11) is 0. The molecular formula is C20H13BrClF5N4O. The minimum absolute atomic E-state index is 0.183. The number of halogens is 7. The van der Waals surface area contributed by atoms with Gasteiger partial charge < -0.3 is 10.6 Å². The van der Waals surface area contributed by atoms with Gasteiger partial charge >= 0.3 is 6.18 Å². The summed E-state index contributed by atoms with van der Waals surface area (Å²) in [5.74, 6) is -3.13. The predicted octanol–water partition coefficient (Wildman–Crippen LogP) is 6.49. The quantitative estimate of drug-likeness (QED) is 0.377. The molecule has 0 fully saturated rings. The van der Waals surface area contributed by atoms with Gasteiger partial charge in [-0.05, 0) is 29.8 Å². The molecule has 3 aromatic rings. The Balaban J connectivity index is 1.70. The smallest absolute Gasteiger partial charge is 0.362 e. The molecule has 0 bridgehead atoms. The van der Waals surface area contributed by atoms with Gasteiger partial charge in [0.05, 0.1) is 11.7 Å². The van der Waals surface area contributed by atoms with E-state index in [1.54, 1.807) is 24.3 Å². The first-order valence-corrected chi connectivity index (χ1v) is 10.3. The highest BCUT2D eigenvalue weighted by Gasteiger charge is 2.47. The molecule has 0 spiro atoms. The third-order valence-corrected chi connectivity index (χ3v) is 5.85. The molecule has 5 nitrogen and oxygen atoms in total. The van der Waals surface area contributed by atoms with Crippen molar-refractivity contribution in [2.24, 2.45) is 0 Å². The van der Waals surface area contributed by atoms with Crippen molar-refractivity contribution in [1.82, 2.24) is 9.78 Å². The fourth-order valence-electron chi connectivity index (χ4n) is 3.42. The lowest BCUT2D eigenvalue weighted by molar-refractivity contribution is -0.173. The number of rotatable bonds is 3. The SMILES string of the molecule is O=C(Nc1ccc(F)cc1F)c1nn2c(c1Cl)N[C@H](c1ccc(Br)cc1)C[C@H]2C(F)(F)F. The van der Waals surface area contributed by atoms with Gasteiger partial charge in [0.25, 0.3) is 5.91 Å². The van der Waals surface area contributed by atoms with Crippen LogP contribution in [-0.4, -0.2) is 21.9 Å². The van der Waals surface area contributed by atoms with Crippen molar-refractivity contribution in [2.45, 2.75) is 24.7 Å². The van der Waals surface area contributed by atoms with E-state index < -0.39 is 41.5 Å². The number of hydrogen-bond donors (Lipinski definition) is 2. The monoisotopic (exact) mass is 534 g/mol. The van der Waals surface area contributed by atoms with E-state index in [9.17, 15) is 26.7 Å². The van der Waals surface area contributed by atoms with Crippen LogP contribution >= 0.6 is 27.5 Å². The third-order valence-electron chi connectivity index (χ3n) is 4.96. The zero-order valence-corrected chi connectivity index (χ0v) is 18.2. The Morgan fingerprint density at radius 2 is 1.88 bits per heavy atom. The summed E-state index contributed by atoms with van der Waals surface area (Å²) in [5.41, 5.74) is -0.305. The molecule has 0 radical (unpaired) electrons. The number of carbonyl (C=O) groups is 1. The first kappa shape index (κ1) is 22.5.